The lowest BCUT2D eigenvalue weighted by Gasteiger charge is -2.18. The average molecular weight is 360 g/mol. The Morgan fingerprint density at radius 3 is 2.60 bits per heavy atom. The van der Waals surface area contributed by atoms with Gasteiger partial charge >= 0.3 is 6.03 Å². The van der Waals surface area contributed by atoms with E-state index in [9.17, 15) is 9.59 Å². The van der Waals surface area contributed by atoms with Gasteiger partial charge in [-0.3, -0.25) is 4.79 Å². The lowest BCUT2D eigenvalue weighted by atomic mass is 9.94. The van der Waals surface area contributed by atoms with E-state index in [-0.39, 0.29) is 12.5 Å². The number of ether oxygens (including phenoxy) is 1. The smallest absolute Gasteiger partial charge is 0.323 e. The van der Waals surface area contributed by atoms with Crippen LogP contribution in [0.25, 0.3) is 0 Å². The molecule has 25 heavy (non-hydrogen) atoms. The Morgan fingerprint density at radius 1 is 1.16 bits per heavy atom. The number of benzene rings is 2. The van der Waals surface area contributed by atoms with Gasteiger partial charge in [0, 0.05) is 16.4 Å². The number of rotatable bonds is 2. The molecule has 2 aromatic rings. The minimum atomic E-state index is -0.628. The molecular formula is C18H18ClN3O3. The quantitative estimate of drug-likeness (QED) is 0.746. The van der Waals surface area contributed by atoms with E-state index in [0.29, 0.717) is 27.8 Å². The van der Waals surface area contributed by atoms with Crippen LogP contribution in [0, 0.1) is 5.41 Å². The topological polar surface area (TPSA) is 79.5 Å². The van der Waals surface area contributed by atoms with Crippen LogP contribution in [0.3, 0.4) is 0 Å². The largest absolute Gasteiger partial charge is 0.490 e. The summed E-state index contributed by atoms with van der Waals surface area (Å²) in [4.78, 5) is 24.3. The van der Waals surface area contributed by atoms with Crippen LogP contribution in [0.15, 0.2) is 42.5 Å². The molecule has 2 aromatic carbocycles. The van der Waals surface area contributed by atoms with E-state index in [4.69, 9.17) is 16.3 Å². The van der Waals surface area contributed by atoms with Gasteiger partial charge in [0.05, 0.1) is 11.1 Å². The molecule has 3 N–H and O–H groups in total. The summed E-state index contributed by atoms with van der Waals surface area (Å²) < 4.78 is 5.68. The van der Waals surface area contributed by atoms with Gasteiger partial charge in [-0.15, -0.1) is 0 Å². The first-order chi connectivity index (χ1) is 11.8. The second kappa shape index (κ2) is 6.64. The summed E-state index contributed by atoms with van der Waals surface area (Å²) in [6.45, 7) is 3.91. The summed E-state index contributed by atoms with van der Waals surface area (Å²) in [6, 6.07) is 11.5. The van der Waals surface area contributed by atoms with Crippen molar-refractivity contribution in [1.82, 2.24) is 0 Å². The van der Waals surface area contributed by atoms with Gasteiger partial charge in [-0.1, -0.05) is 17.7 Å². The molecule has 1 heterocycles. The van der Waals surface area contributed by atoms with E-state index in [1.54, 1.807) is 42.5 Å². The molecule has 7 heteroatoms. The summed E-state index contributed by atoms with van der Waals surface area (Å²) in [6.07, 6.45) is 0. The van der Waals surface area contributed by atoms with Crippen LogP contribution in [0.5, 0.6) is 5.75 Å². The number of nitrogens with one attached hydrogen (secondary N) is 3. The van der Waals surface area contributed by atoms with Crippen LogP contribution < -0.4 is 20.7 Å². The van der Waals surface area contributed by atoms with Crippen molar-refractivity contribution in [3.63, 3.8) is 0 Å². The molecule has 0 radical (unpaired) electrons. The Morgan fingerprint density at radius 2 is 1.88 bits per heavy atom. The first-order valence-corrected chi connectivity index (χ1v) is 8.13. The fourth-order valence-corrected chi connectivity index (χ4v) is 2.50. The van der Waals surface area contributed by atoms with E-state index in [1.165, 1.54) is 0 Å². The third-order valence-electron chi connectivity index (χ3n) is 3.77. The van der Waals surface area contributed by atoms with Gasteiger partial charge < -0.3 is 20.7 Å². The van der Waals surface area contributed by atoms with E-state index >= 15 is 0 Å². The van der Waals surface area contributed by atoms with Crippen LogP contribution in [0.2, 0.25) is 5.02 Å². The van der Waals surface area contributed by atoms with E-state index < -0.39 is 11.4 Å². The zero-order valence-corrected chi connectivity index (χ0v) is 14.6. The van der Waals surface area contributed by atoms with Gasteiger partial charge in [-0.25, -0.2) is 4.79 Å². The summed E-state index contributed by atoms with van der Waals surface area (Å²) in [5.74, 6) is 0.437. The molecule has 0 aliphatic carbocycles. The minimum Gasteiger partial charge on any atom is -0.490 e. The third kappa shape index (κ3) is 4.03. The van der Waals surface area contributed by atoms with E-state index in [0.717, 1.165) is 0 Å². The van der Waals surface area contributed by atoms with Crippen molar-refractivity contribution in [2.45, 2.75) is 13.8 Å². The number of halogens is 1. The van der Waals surface area contributed by atoms with Gasteiger partial charge in [0.25, 0.3) is 0 Å². The Kier molecular flexibility index (Phi) is 4.55. The normalized spacial score (nSPS) is 15.2. The number of hydrogen-bond donors (Lipinski definition) is 3. The molecule has 3 rings (SSSR count). The molecule has 130 valence electrons. The highest BCUT2D eigenvalue weighted by Crippen LogP contribution is 2.34. The van der Waals surface area contributed by atoms with Gasteiger partial charge in [0.1, 0.15) is 12.4 Å². The fraction of sp³-hybridized carbons (Fsp3) is 0.222. The first-order valence-electron chi connectivity index (χ1n) is 7.75. The van der Waals surface area contributed by atoms with Crippen LogP contribution in [-0.2, 0) is 4.79 Å². The maximum atomic E-state index is 12.2. The lowest BCUT2D eigenvalue weighted by molar-refractivity contribution is -0.124. The second-order valence-corrected chi connectivity index (χ2v) is 6.86. The lowest BCUT2D eigenvalue weighted by Crippen LogP contribution is -2.33. The molecule has 0 atom stereocenters. The van der Waals surface area contributed by atoms with Crippen molar-refractivity contribution in [2.75, 3.05) is 22.6 Å². The zero-order valence-electron chi connectivity index (χ0n) is 13.9. The molecule has 0 bridgehead atoms. The van der Waals surface area contributed by atoms with E-state index in [1.807, 2.05) is 13.8 Å². The average Bonchev–Trinajstić information content (AvgIpc) is 2.64. The number of fused-ring (bicyclic) bond motifs is 1. The van der Waals surface area contributed by atoms with Crippen molar-refractivity contribution in [1.29, 1.82) is 0 Å². The predicted octanol–water partition coefficient (Wildman–Crippen LogP) is 4.34. The number of hydrogen-bond acceptors (Lipinski definition) is 3. The molecular weight excluding hydrogens is 342 g/mol. The molecule has 6 nitrogen and oxygen atoms in total. The highest BCUT2D eigenvalue weighted by Gasteiger charge is 2.32. The fourth-order valence-electron chi connectivity index (χ4n) is 2.31. The SMILES string of the molecule is CC1(C)COc2ccc(NC(=O)Nc3cccc(Cl)c3)cc2NC1=O. The van der Waals surface area contributed by atoms with Crippen LogP contribution >= 0.6 is 11.6 Å². The Bertz CT molecular complexity index is 836. The molecule has 0 fully saturated rings. The molecule has 3 amide bonds. The number of anilines is 3. The summed E-state index contributed by atoms with van der Waals surface area (Å²) in [5, 5.41) is 8.77. The maximum absolute atomic E-state index is 12.2. The van der Waals surface area contributed by atoms with Crippen molar-refractivity contribution < 1.29 is 14.3 Å². The molecule has 1 aliphatic heterocycles. The molecule has 0 unspecified atom stereocenters. The summed E-state index contributed by atoms with van der Waals surface area (Å²) in [5.41, 5.74) is 1.01. The third-order valence-corrected chi connectivity index (χ3v) is 4.01. The maximum Gasteiger partial charge on any atom is 0.323 e. The van der Waals surface area contributed by atoms with Crippen molar-refractivity contribution in [2.24, 2.45) is 5.41 Å². The number of carbonyl (C=O) groups is 2. The molecule has 0 spiro atoms. The molecule has 0 saturated carbocycles. The zero-order chi connectivity index (χ0) is 18.0. The number of amides is 3. The van der Waals surface area contributed by atoms with E-state index in [2.05, 4.69) is 16.0 Å². The van der Waals surface area contributed by atoms with Crippen LogP contribution in [0.1, 0.15) is 13.8 Å². The summed E-state index contributed by atoms with van der Waals surface area (Å²) in [7, 11) is 0. The highest BCUT2D eigenvalue weighted by atomic mass is 35.5. The van der Waals surface area contributed by atoms with Crippen molar-refractivity contribution >= 4 is 40.6 Å². The Balaban J connectivity index is 1.72. The standard InChI is InChI=1S/C18H18ClN3O3/c1-18(2)10-25-15-7-6-13(9-14(15)22-16(18)23)21-17(24)20-12-5-3-4-11(19)8-12/h3-9H,10H2,1-2H3,(H,22,23)(H2,20,21,24). The van der Waals surface area contributed by atoms with Gasteiger partial charge in [-0.05, 0) is 50.2 Å². The number of carbonyl (C=O) groups excluding carboxylic acids is 2. The van der Waals surface area contributed by atoms with Gasteiger partial charge in [0.2, 0.25) is 5.91 Å². The second-order valence-electron chi connectivity index (χ2n) is 6.43. The predicted molar refractivity (Wildman–Crippen MR) is 98.4 cm³/mol. The first kappa shape index (κ1) is 17.1. The molecule has 1 aliphatic rings. The van der Waals surface area contributed by atoms with Gasteiger partial charge in [-0.2, -0.15) is 0 Å². The number of urea groups is 1. The highest BCUT2D eigenvalue weighted by molar-refractivity contribution is 6.30. The van der Waals surface area contributed by atoms with Crippen molar-refractivity contribution in [3.05, 3.63) is 47.5 Å². The summed E-state index contributed by atoms with van der Waals surface area (Å²) >= 11 is 5.89. The Hall–Kier alpha value is -2.73. The molecule has 0 aromatic heterocycles. The van der Waals surface area contributed by atoms with Crippen LogP contribution in [0.4, 0.5) is 21.9 Å². The molecule has 0 saturated heterocycles. The monoisotopic (exact) mass is 359 g/mol. The van der Waals surface area contributed by atoms with Crippen molar-refractivity contribution in [3.8, 4) is 5.75 Å². The van der Waals surface area contributed by atoms with Crippen LogP contribution in [-0.4, -0.2) is 18.5 Å². The van der Waals surface area contributed by atoms with Gasteiger partial charge in [0.15, 0.2) is 0 Å². The Labute approximate surface area is 150 Å². The minimum absolute atomic E-state index is 0.133.